The Bertz CT molecular complexity index is 1260. The van der Waals surface area contributed by atoms with E-state index < -0.39 is 0 Å². The normalized spacial score (nSPS) is 10.9. The molecule has 1 N–H and O–H groups in total. The van der Waals surface area contributed by atoms with Gasteiger partial charge in [-0.3, -0.25) is 9.78 Å². The molecule has 0 unspecified atom stereocenters. The molecule has 3 heterocycles. The minimum atomic E-state index is -0.344. The lowest BCUT2D eigenvalue weighted by atomic mass is 10.2. The monoisotopic (exact) mass is 499 g/mol. The number of pyridine rings is 1. The van der Waals surface area contributed by atoms with Crippen LogP contribution in [0.2, 0.25) is 10.0 Å². The van der Waals surface area contributed by atoms with Crippen LogP contribution in [0.15, 0.2) is 53.9 Å². The topological polar surface area (TPSA) is 98.5 Å². The van der Waals surface area contributed by atoms with Crippen molar-refractivity contribution in [2.45, 2.75) is 31.3 Å². The number of rotatable bonds is 7. The number of nitrogens with zero attached hydrogens (tertiary/aromatic N) is 6. The second-order valence-electron chi connectivity index (χ2n) is 7.18. The number of amides is 1. The highest BCUT2D eigenvalue weighted by molar-refractivity contribution is 7.98. The number of carbonyl (C=O) groups excluding carboxylic acids is 1. The van der Waals surface area contributed by atoms with Crippen molar-refractivity contribution in [3.8, 4) is 5.69 Å². The van der Waals surface area contributed by atoms with Crippen molar-refractivity contribution < 1.29 is 4.79 Å². The molecule has 0 atom stereocenters. The Morgan fingerprint density at radius 2 is 1.70 bits per heavy atom. The molecule has 1 amide bonds. The maximum absolute atomic E-state index is 13.0. The number of thioether (sulfide) groups is 1. The molecular weight excluding hydrogens is 481 g/mol. The first-order valence-electron chi connectivity index (χ1n) is 9.92. The standard InChI is InChI=1S/C22H19Cl2N7OS/c1-13-7-14(2)28-22(27-13)33-12-19-20(21(32)26-11-15-3-5-25-6-4-15)29-30-31(19)18-9-16(23)8-17(24)10-18/h3-10H,11-12H2,1-2H3,(H,26,32). The molecule has 3 aromatic heterocycles. The van der Waals surface area contributed by atoms with Gasteiger partial charge in [-0.25, -0.2) is 14.6 Å². The highest BCUT2D eigenvalue weighted by Gasteiger charge is 2.22. The van der Waals surface area contributed by atoms with E-state index >= 15 is 0 Å². The maximum atomic E-state index is 13.0. The van der Waals surface area contributed by atoms with E-state index in [9.17, 15) is 4.79 Å². The van der Waals surface area contributed by atoms with Gasteiger partial charge in [-0.2, -0.15) is 0 Å². The van der Waals surface area contributed by atoms with Crippen molar-refractivity contribution in [1.29, 1.82) is 0 Å². The van der Waals surface area contributed by atoms with Crippen LogP contribution in [0.4, 0.5) is 0 Å². The summed E-state index contributed by atoms with van der Waals surface area (Å²) in [4.78, 5) is 25.9. The molecule has 4 rings (SSSR count). The molecule has 0 aliphatic heterocycles. The molecule has 0 aliphatic rings. The van der Waals surface area contributed by atoms with Gasteiger partial charge < -0.3 is 5.32 Å². The quantitative estimate of drug-likeness (QED) is 0.293. The summed E-state index contributed by atoms with van der Waals surface area (Å²) in [7, 11) is 0. The summed E-state index contributed by atoms with van der Waals surface area (Å²) < 4.78 is 1.56. The zero-order chi connectivity index (χ0) is 23.4. The van der Waals surface area contributed by atoms with Crippen LogP contribution < -0.4 is 5.32 Å². The third-order valence-electron chi connectivity index (χ3n) is 4.57. The first-order valence-corrected chi connectivity index (χ1v) is 11.7. The lowest BCUT2D eigenvalue weighted by Gasteiger charge is -2.10. The zero-order valence-corrected chi connectivity index (χ0v) is 20.1. The Kier molecular flexibility index (Phi) is 7.22. The fourth-order valence-electron chi connectivity index (χ4n) is 3.13. The minimum absolute atomic E-state index is 0.206. The van der Waals surface area contributed by atoms with Gasteiger partial charge in [-0.15, -0.1) is 5.10 Å². The largest absolute Gasteiger partial charge is 0.347 e. The second kappa shape index (κ2) is 10.3. The summed E-state index contributed by atoms with van der Waals surface area (Å²) in [5.41, 5.74) is 4.05. The van der Waals surface area contributed by atoms with Crippen LogP contribution in [0, 0.1) is 13.8 Å². The molecule has 4 aromatic rings. The highest BCUT2D eigenvalue weighted by Crippen LogP contribution is 2.26. The molecule has 0 saturated carbocycles. The van der Waals surface area contributed by atoms with E-state index in [0.29, 0.717) is 38.9 Å². The summed E-state index contributed by atoms with van der Waals surface area (Å²) in [6.45, 7) is 4.16. The Morgan fingerprint density at radius 3 is 2.36 bits per heavy atom. The average molecular weight is 500 g/mol. The second-order valence-corrected chi connectivity index (χ2v) is 9.00. The van der Waals surface area contributed by atoms with Crippen LogP contribution in [-0.2, 0) is 12.3 Å². The number of halogens is 2. The number of carbonyl (C=O) groups is 1. The van der Waals surface area contributed by atoms with Crippen molar-refractivity contribution >= 4 is 40.9 Å². The Balaban J connectivity index is 1.65. The molecule has 0 bridgehead atoms. The fraction of sp³-hybridized carbons (Fsp3) is 0.182. The summed E-state index contributed by atoms with van der Waals surface area (Å²) in [6.07, 6.45) is 3.35. The van der Waals surface area contributed by atoms with Gasteiger partial charge in [0.05, 0.1) is 11.4 Å². The van der Waals surface area contributed by atoms with Crippen LogP contribution in [0.25, 0.3) is 5.69 Å². The van der Waals surface area contributed by atoms with Crippen LogP contribution in [0.1, 0.15) is 33.1 Å². The molecular formula is C22H19Cl2N7OS. The van der Waals surface area contributed by atoms with E-state index in [1.807, 2.05) is 32.0 Å². The Hall–Kier alpha value is -3.01. The summed E-state index contributed by atoms with van der Waals surface area (Å²) >= 11 is 13.8. The van der Waals surface area contributed by atoms with Gasteiger partial charge in [0.1, 0.15) is 0 Å². The van der Waals surface area contributed by atoms with E-state index in [1.165, 1.54) is 11.8 Å². The number of benzene rings is 1. The molecule has 8 nitrogen and oxygen atoms in total. The number of aryl methyl sites for hydroxylation is 2. The van der Waals surface area contributed by atoms with E-state index in [0.717, 1.165) is 17.0 Å². The van der Waals surface area contributed by atoms with Crippen LogP contribution in [0.5, 0.6) is 0 Å². The first-order chi connectivity index (χ1) is 15.9. The van der Waals surface area contributed by atoms with Crippen molar-refractivity contribution in [2.75, 3.05) is 0 Å². The molecule has 11 heteroatoms. The molecule has 0 aliphatic carbocycles. The Labute approximate surface area is 204 Å². The highest BCUT2D eigenvalue weighted by atomic mass is 35.5. The van der Waals surface area contributed by atoms with Gasteiger partial charge in [0.25, 0.3) is 5.91 Å². The lowest BCUT2D eigenvalue weighted by molar-refractivity contribution is 0.0945. The van der Waals surface area contributed by atoms with Crippen LogP contribution in [-0.4, -0.2) is 35.9 Å². The number of hydrogen-bond acceptors (Lipinski definition) is 7. The minimum Gasteiger partial charge on any atom is -0.347 e. The zero-order valence-electron chi connectivity index (χ0n) is 17.8. The lowest BCUT2D eigenvalue weighted by Crippen LogP contribution is -2.24. The van der Waals surface area contributed by atoms with Crippen molar-refractivity contribution in [2.24, 2.45) is 0 Å². The van der Waals surface area contributed by atoms with Crippen molar-refractivity contribution in [1.82, 2.24) is 35.3 Å². The first kappa shape index (κ1) is 23.2. The third-order valence-corrected chi connectivity index (χ3v) is 5.87. The van der Waals surface area contributed by atoms with E-state index in [1.54, 1.807) is 35.3 Å². The molecule has 33 heavy (non-hydrogen) atoms. The van der Waals surface area contributed by atoms with Crippen LogP contribution >= 0.6 is 35.0 Å². The summed E-state index contributed by atoms with van der Waals surface area (Å²) in [6, 6.07) is 10.6. The molecule has 0 spiro atoms. The smallest absolute Gasteiger partial charge is 0.274 e. The van der Waals surface area contributed by atoms with E-state index in [4.69, 9.17) is 23.2 Å². The summed E-state index contributed by atoms with van der Waals surface area (Å²) in [5, 5.41) is 12.8. The van der Waals surface area contributed by atoms with Gasteiger partial charge >= 0.3 is 0 Å². The number of aromatic nitrogens is 6. The maximum Gasteiger partial charge on any atom is 0.274 e. The van der Waals surface area contributed by atoms with Gasteiger partial charge in [-0.1, -0.05) is 40.2 Å². The fourth-order valence-corrected chi connectivity index (χ4v) is 4.59. The molecule has 0 fully saturated rings. The predicted molar refractivity (Wildman–Crippen MR) is 128 cm³/mol. The Morgan fingerprint density at radius 1 is 1.03 bits per heavy atom. The van der Waals surface area contributed by atoms with Gasteiger partial charge in [0.2, 0.25) is 0 Å². The molecule has 0 radical (unpaired) electrons. The number of hydrogen-bond donors (Lipinski definition) is 1. The molecule has 0 saturated heterocycles. The third kappa shape index (κ3) is 5.87. The molecule has 1 aromatic carbocycles. The summed E-state index contributed by atoms with van der Waals surface area (Å²) in [5.74, 6) is 0.0148. The van der Waals surface area contributed by atoms with Gasteiger partial charge in [0.15, 0.2) is 10.9 Å². The van der Waals surface area contributed by atoms with E-state index in [2.05, 4.69) is 30.6 Å². The van der Waals surface area contributed by atoms with Crippen LogP contribution in [0.3, 0.4) is 0 Å². The van der Waals surface area contributed by atoms with Gasteiger partial charge in [-0.05, 0) is 55.8 Å². The van der Waals surface area contributed by atoms with Gasteiger partial charge in [0, 0.05) is 46.1 Å². The van der Waals surface area contributed by atoms with Crippen molar-refractivity contribution in [3.63, 3.8) is 0 Å². The SMILES string of the molecule is Cc1cc(C)nc(SCc2c(C(=O)NCc3ccncc3)nnn2-c2cc(Cl)cc(Cl)c2)n1. The average Bonchev–Trinajstić information content (AvgIpc) is 3.19. The predicted octanol–water partition coefficient (Wildman–Crippen LogP) is 4.60. The number of nitrogens with one attached hydrogen (secondary N) is 1. The molecule has 168 valence electrons. The van der Waals surface area contributed by atoms with E-state index in [-0.39, 0.29) is 11.6 Å². The van der Waals surface area contributed by atoms with Crippen molar-refractivity contribution in [3.05, 3.63) is 87.2 Å².